The van der Waals surface area contributed by atoms with Gasteiger partial charge in [-0.15, -0.1) is 11.3 Å². The van der Waals surface area contributed by atoms with E-state index in [2.05, 4.69) is 15.2 Å². The molecule has 4 rings (SSSR count). The van der Waals surface area contributed by atoms with Gasteiger partial charge in [-0.2, -0.15) is 0 Å². The van der Waals surface area contributed by atoms with Crippen LogP contribution in [0.4, 0.5) is 0 Å². The normalized spacial score (nSPS) is 24.2. The van der Waals surface area contributed by atoms with Crippen LogP contribution in [-0.4, -0.2) is 57.6 Å². The van der Waals surface area contributed by atoms with E-state index in [9.17, 15) is 9.59 Å². The SMILES string of the molecule is O=C(NC1CN2CCC1C2)c1ccc2ncsc2c1.O=C(O)/C=C/O. The van der Waals surface area contributed by atoms with Crippen molar-refractivity contribution in [2.24, 2.45) is 5.92 Å². The summed E-state index contributed by atoms with van der Waals surface area (Å²) < 4.78 is 1.07. The van der Waals surface area contributed by atoms with Gasteiger partial charge in [0.15, 0.2) is 0 Å². The van der Waals surface area contributed by atoms with E-state index >= 15 is 0 Å². The number of amides is 1. The molecule has 2 aliphatic heterocycles. The molecule has 1 amide bonds. The summed E-state index contributed by atoms with van der Waals surface area (Å²) in [6.07, 6.45) is 2.33. The minimum Gasteiger partial charge on any atom is -0.515 e. The number of nitrogens with zero attached hydrogens (tertiary/aromatic N) is 2. The van der Waals surface area contributed by atoms with Crippen LogP contribution in [0.15, 0.2) is 36.0 Å². The summed E-state index contributed by atoms with van der Waals surface area (Å²) >= 11 is 1.57. The van der Waals surface area contributed by atoms with E-state index in [0.717, 1.165) is 28.9 Å². The molecule has 25 heavy (non-hydrogen) atoms. The number of nitrogens with one attached hydrogen (secondary N) is 1. The molecule has 2 aliphatic rings. The molecule has 0 radical (unpaired) electrons. The Hall–Kier alpha value is -2.45. The van der Waals surface area contributed by atoms with Crippen molar-refractivity contribution in [3.05, 3.63) is 41.6 Å². The predicted octanol–water partition coefficient (Wildman–Crippen LogP) is 1.87. The van der Waals surface area contributed by atoms with E-state index in [4.69, 9.17) is 10.2 Å². The van der Waals surface area contributed by atoms with Crippen molar-refractivity contribution in [2.45, 2.75) is 12.5 Å². The number of carboxylic acid groups (broad SMARTS) is 1. The lowest BCUT2D eigenvalue weighted by atomic mass is 9.99. The smallest absolute Gasteiger partial charge is 0.331 e. The first-order valence-electron chi connectivity index (χ1n) is 7.97. The molecule has 3 atom stereocenters. The van der Waals surface area contributed by atoms with Gasteiger partial charge in [0, 0.05) is 24.7 Å². The molecule has 3 unspecified atom stereocenters. The lowest BCUT2D eigenvalue weighted by Crippen LogP contribution is -2.43. The molecule has 1 aromatic carbocycles. The summed E-state index contributed by atoms with van der Waals surface area (Å²) in [6.45, 7) is 3.36. The van der Waals surface area contributed by atoms with E-state index in [0.29, 0.717) is 24.3 Å². The van der Waals surface area contributed by atoms with Gasteiger partial charge in [-0.3, -0.25) is 4.79 Å². The van der Waals surface area contributed by atoms with Crippen molar-refractivity contribution < 1.29 is 19.8 Å². The highest BCUT2D eigenvalue weighted by molar-refractivity contribution is 7.16. The topological polar surface area (TPSA) is 103 Å². The van der Waals surface area contributed by atoms with Crippen molar-refractivity contribution in [3.63, 3.8) is 0 Å². The molecule has 8 heteroatoms. The zero-order valence-corrected chi connectivity index (χ0v) is 14.3. The summed E-state index contributed by atoms with van der Waals surface area (Å²) in [5, 5.41) is 18.5. The second kappa shape index (κ2) is 7.62. The Labute approximate surface area is 148 Å². The van der Waals surface area contributed by atoms with Gasteiger partial charge in [-0.25, -0.2) is 9.78 Å². The number of hydrogen-bond donors (Lipinski definition) is 3. The van der Waals surface area contributed by atoms with Gasteiger partial charge in [0.25, 0.3) is 5.91 Å². The first-order chi connectivity index (χ1) is 12.1. The second-order valence-corrected chi connectivity index (χ2v) is 6.96. The van der Waals surface area contributed by atoms with Crippen molar-refractivity contribution in [1.29, 1.82) is 0 Å². The number of carbonyl (C=O) groups excluding carboxylic acids is 1. The molecule has 0 saturated carbocycles. The Balaban J connectivity index is 0.000000265. The highest BCUT2D eigenvalue weighted by Crippen LogP contribution is 2.28. The Bertz CT molecular complexity index is 804. The number of rotatable bonds is 3. The maximum atomic E-state index is 12.3. The molecular formula is C17H19N3O4S. The molecule has 7 nitrogen and oxygen atoms in total. The highest BCUT2D eigenvalue weighted by Gasteiger charge is 2.38. The van der Waals surface area contributed by atoms with Crippen molar-refractivity contribution in [2.75, 3.05) is 19.6 Å². The summed E-state index contributed by atoms with van der Waals surface area (Å²) in [4.78, 5) is 28.3. The number of hydrogen-bond acceptors (Lipinski definition) is 6. The third kappa shape index (κ3) is 4.15. The van der Waals surface area contributed by atoms with Gasteiger partial charge < -0.3 is 20.4 Å². The van der Waals surface area contributed by atoms with Gasteiger partial charge in [0.1, 0.15) is 0 Å². The maximum absolute atomic E-state index is 12.3. The van der Waals surface area contributed by atoms with Crippen LogP contribution in [0, 0.1) is 5.92 Å². The minimum absolute atomic E-state index is 0.0500. The maximum Gasteiger partial charge on any atom is 0.331 e. The van der Waals surface area contributed by atoms with Gasteiger partial charge in [-0.05, 0) is 37.1 Å². The van der Waals surface area contributed by atoms with E-state index in [1.165, 1.54) is 13.0 Å². The third-order valence-corrected chi connectivity index (χ3v) is 5.25. The molecule has 3 N–H and O–H groups in total. The van der Waals surface area contributed by atoms with Crippen LogP contribution in [0.3, 0.4) is 0 Å². The Morgan fingerprint density at radius 2 is 2.20 bits per heavy atom. The van der Waals surface area contributed by atoms with Crippen LogP contribution >= 0.6 is 11.3 Å². The highest BCUT2D eigenvalue weighted by atomic mass is 32.1. The number of aliphatic hydroxyl groups is 1. The summed E-state index contributed by atoms with van der Waals surface area (Å²) in [7, 11) is 0. The monoisotopic (exact) mass is 361 g/mol. The van der Waals surface area contributed by atoms with Crippen LogP contribution in [0.5, 0.6) is 0 Å². The van der Waals surface area contributed by atoms with Crippen LogP contribution in [-0.2, 0) is 4.79 Å². The number of aliphatic carboxylic acids is 1. The molecule has 0 aliphatic carbocycles. The summed E-state index contributed by atoms with van der Waals surface area (Å²) in [5.41, 5.74) is 3.53. The molecule has 2 saturated heterocycles. The van der Waals surface area contributed by atoms with Crippen LogP contribution in [0.2, 0.25) is 0 Å². The average Bonchev–Trinajstić information content (AvgIpc) is 3.31. The van der Waals surface area contributed by atoms with Gasteiger partial charge in [0.05, 0.1) is 28.1 Å². The summed E-state index contributed by atoms with van der Waals surface area (Å²) in [6, 6.07) is 6.06. The fourth-order valence-corrected chi connectivity index (χ4v) is 3.98. The van der Waals surface area contributed by atoms with Crippen molar-refractivity contribution in [1.82, 2.24) is 15.2 Å². The van der Waals surface area contributed by atoms with E-state index in [1.807, 2.05) is 23.7 Å². The number of carbonyl (C=O) groups is 2. The molecule has 1 aromatic heterocycles. The Morgan fingerprint density at radius 3 is 2.80 bits per heavy atom. The molecule has 0 spiro atoms. The quantitative estimate of drug-likeness (QED) is 0.570. The molecule has 2 bridgehead atoms. The van der Waals surface area contributed by atoms with Crippen LogP contribution in [0.25, 0.3) is 10.2 Å². The lowest BCUT2D eigenvalue weighted by Gasteiger charge is -2.23. The number of piperidine rings is 1. The van der Waals surface area contributed by atoms with E-state index in [-0.39, 0.29) is 5.91 Å². The number of benzene rings is 1. The average molecular weight is 361 g/mol. The predicted molar refractivity (Wildman–Crippen MR) is 94.8 cm³/mol. The number of carboxylic acids is 1. The first kappa shape index (κ1) is 17.4. The van der Waals surface area contributed by atoms with E-state index in [1.54, 1.807) is 11.3 Å². The fraction of sp³-hybridized carbons (Fsp3) is 0.353. The standard InChI is InChI=1S/C14H15N3OS.C3H4O3/c18-14(16-12-7-17-4-3-10(12)6-17)9-1-2-11-13(5-9)19-8-15-11;4-2-1-3(5)6/h1-2,5,8,10,12H,3-4,6-7H2,(H,16,18);1-2,4H,(H,5,6)/b;2-1+. The molecule has 3 heterocycles. The zero-order chi connectivity index (χ0) is 17.8. The zero-order valence-electron chi connectivity index (χ0n) is 13.5. The van der Waals surface area contributed by atoms with Gasteiger partial charge in [0.2, 0.25) is 0 Å². The number of aromatic nitrogens is 1. The van der Waals surface area contributed by atoms with Crippen molar-refractivity contribution in [3.8, 4) is 0 Å². The van der Waals surface area contributed by atoms with Gasteiger partial charge >= 0.3 is 5.97 Å². The number of thiazole rings is 1. The van der Waals surface area contributed by atoms with Crippen LogP contribution in [0.1, 0.15) is 16.8 Å². The third-order valence-electron chi connectivity index (χ3n) is 4.46. The molecule has 132 valence electrons. The molecular weight excluding hydrogens is 342 g/mol. The van der Waals surface area contributed by atoms with Crippen molar-refractivity contribution >= 4 is 33.4 Å². The summed E-state index contributed by atoms with van der Waals surface area (Å²) in [5.74, 6) is -0.442. The lowest BCUT2D eigenvalue weighted by molar-refractivity contribution is -0.131. The molecule has 2 fully saturated rings. The second-order valence-electron chi connectivity index (χ2n) is 6.08. The molecule has 2 aromatic rings. The minimum atomic E-state index is -1.14. The Kier molecular flexibility index (Phi) is 5.30. The van der Waals surface area contributed by atoms with E-state index < -0.39 is 5.97 Å². The number of fused-ring (bicyclic) bond motifs is 3. The fourth-order valence-electron chi connectivity index (χ4n) is 3.26. The largest absolute Gasteiger partial charge is 0.515 e. The Morgan fingerprint density at radius 1 is 1.36 bits per heavy atom. The van der Waals surface area contributed by atoms with Crippen LogP contribution < -0.4 is 5.32 Å². The number of aliphatic hydroxyl groups excluding tert-OH is 1. The van der Waals surface area contributed by atoms with Gasteiger partial charge in [-0.1, -0.05) is 0 Å². The first-order valence-corrected chi connectivity index (χ1v) is 8.85.